The van der Waals surface area contributed by atoms with Crippen molar-refractivity contribution >= 4 is 27.4 Å². The molecule has 0 radical (unpaired) electrons. The van der Waals surface area contributed by atoms with Crippen molar-refractivity contribution in [1.82, 2.24) is 9.47 Å². The van der Waals surface area contributed by atoms with Gasteiger partial charge in [0.25, 0.3) is 15.9 Å². The molecule has 1 fully saturated rings. The molecule has 34 heavy (non-hydrogen) atoms. The number of benzene rings is 2. The van der Waals surface area contributed by atoms with Crippen LogP contribution < -0.4 is 4.72 Å². The molecule has 0 saturated carbocycles. The molecule has 1 aliphatic rings. The van der Waals surface area contributed by atoms with Gasteiger partial charge in [0.15, 0.2) is 5.78 Å². The normalized spacial score (nSPS) is 16.6. The number of aryl methyl sites for hydroxylation is 1. The quantitative estimate of drug-likeness (QED) is 0.515. The van der Waals surface area contributed by atoms with Crippen molar-refractivity contribution in [1.29, 1.82) is 0 Å². The number of carbonyl (C=O) groups is 2. The van der Waals surface area contributed by atoms with Crippen LogP contribution >= 0.6 is 0 Å². The monoisotopic (exact) mass is 479 g/mol. The van der Waals surface area contributed by atoms with Crippen molar-refractivity contribution in [2.75, 3.05) is 11.3 Å². The summed E-state index contributed by atoms with van der Waals surface area (Å²) in [6.45, 7) is 2.12. The second-order valence-electron chi connectivity index (χ2n) is 8.67. The minimum absolute atomic E-state index is 0.0196. The molecule has 1 aliphatic heterocycles. The summed E-state index contributed by atoms with van der Waals surface area (Å²) in [5, 5.41) is 0. The van der Waals surface area contributed by atoms with Crippen LogP contribution in [0.5, 0.6) is 0 Å². The highest BCUT2D eigenvalue weighted by Gasteiger charge is 2.29. The number of hydrogen-bond donors (Lipinski definition) is 1. The molecule has 1 aromatic heterocycles. The highest BCUT2D eigenvalue weighted by molar-refractivity contribution is 7.92. The molecule has 4 rings (SSSR count). The summed E-state index contributed by atoms with van der Waals surface area (Å²) in [5.41, 5.74) is 2.45. The van der Waals surface area contributed by atoms with Crippen molar-refractivity contribution in [3.8, 4) is 0 Å². The molecule has 1 saturated heterocycles. The summed E-state index contributed by atoms with van der Waals surface area (Å²) in [7, 11) is -1.82. The van der Waals surface area contributed by atoms with Gasteiger partial charge in [-0.05, 0) is 68.3 Å². The van der Waals surface area contributed by atoms with E-state index in [9.17, 15) is 18.0 Å². The van der Waals surface area contributed by atoms with Gasteiger partial charge in [0.1, 0.15) is 0 Å². The molecule has 2 heterocycles. The van der Waals surface area contributed by atoms with Crippen LogP contribution in [0.15, 0.2) is 71.8 Å². The molecule has 0 spiro atoms. The van der Waals surface area contributed by atoms with Gasteiger partial charge in [-0.1, -0.05) is 25.0 Å². The molecule has 8 heteroatoms. The van der Waals surface area contributed by atoms with E-state index < -0.39 is 10.0 Å². The third-order valence-electron chi connectivity index (χ3n) is 6.29. The molecule has 1 amide bonds. The van der Waals surface area contributed by atoms with Crippen molar-refractivity contribution in [2.45, 2.75) is 43.5 Å². The highest BCUT2D eigenvalue weighted by atomic mass is 32.2. The molecule has 178 valence electrons. The number of anilines is 1. The average Bonchev–Trinajstić information content (AvgIpc) is 3.10. The fourth-order valence-electron chi connectivity index (χ4n) is 4.41. The molecule has 1 unspecified atom stereocenters. The first-order chi connectivity index (χ1) is 16.3. The van der Waals surface area contributed by atoms with Crippen LogP contribution in [0, 0.1) is 0 Å². The maximum Gasteiger partial charge on any atom is 0.261 e. The number of rotatable bonds is 6. The zero-order valence-electron chi connectivity index (χ0n) is 19.4. The Labute approximate surface area is 200 Å². The third-order valence-corrected chi connectivity index (χ3v) is 7.69. The van der Waals surface area contributed by atoms with Crippen molar-refractivity contribution < 1.29 is 18.0 Å². The van der Waals surface area contributed by atoms with E-state index >= 15 is 0 Å². The van der Waals surface area contributed by atoms with E-state index in [2.05, 4.69) is 15.4 Å². The summed E-state index contributed by atoms with van der Waals surface area (Å²) in [6, 6.07) is 16.4. The zero-order valence-corrected chi connectivity index (χ0v) is 20.2. The Bertz CT molecular complexity index is 1280. The Morgan fingerprint density at radius 2 is 1.59 bits per heavy atom. The number of sulfonamides is 1. The SMILES string of the molecule is CC(=O)c1ccc(S(=O)(=O)Nc2ccc(C(=O)N3CCCCCC3c3cccn3C)cc2)cc1. The number of amides is 1. The number of nitrogens with one attached hydrogen (secondary N) is 1. The van der Waals surface area contributed by atoms with Gasteiger partial charge in [-0.2, -0.15) is 0 Å². The van der Waals surface area contributed by atoms with Crippen molar-refractivity contribution in [2.24, 2.45) is 7.05 Å². The van der Waals surface area contributed by atoms with Crippen LogP contribution in [0.2, 0.25) is 0 Å². The predicted molar refractivity (Wildman–Crippen MR) is 131 cm³/mol. The maximum absolute atomic E-state index is 13.4. The van der Waals surface area contributed by atoms with Gasteiger partial charge in [0.05, 0.1) is 10.9 Å². The summed E-state index contributed by atoms with van der Waals surface area (Å²) in [4.78, 5) is 26.9. The molecule has 1 atom stereocenters. The van der Waals surface area contributed by atoms with E-state index in [0.717, 1.165) is 31.4 Å². The summed E-state index contributed by atoms with van der Waals surface area (Å²) in [5.74, 6) is -0.182. The lowest BCUT2D eigenvalue weighted by Gasteiger charge is -2.31. The molecule has 0 aliphatic carbocycles. The molecule has 0 bridgehead atoms. The second-order valence-corrected chi connectivity index (χ2v) is 10.4. The van der Waals surface area contributed by atoms with E-state index in [0.29, 0.717) is 23.4 Å². The van der Waals surface area contributed by atoms with Gasteiger partial charge >= 0.3 is 0 Å². The Balaban J connectivity index is 1.51. The molecule has 7 nitrogen and oxygen atoms in total. The number of ketones is 1. The van der Waals surface area contributed by atoms with E-state index in [4.69, 9.17) is 0 Å². The lowest BCUT2D eigenvalue weighted by atomic mass is 10.1. The largest absolute Gasteiger partial charge is 0.353 e. The minimum atomic E-state index is -3.82. The number of nitrogens with zero attached hydrogens (tertiary/aromatic N) is 2. The minimum Gasteiger partial charge on any atom is -0.353 e. The summed E-state index contributed by atoms with van der Waals surface area (Å²) >= 11 is 0. The summed E-state index contributed by atoms with van der Waals surface area (Å²) < 4.78 is 30.0. The van der Waals surface area contributed by atoms with Crippen LogP contribution in [0.1, 0.15) is 65.1 Å². The van der Waals surface area contributed by atoms with E-state index in [1.165, 1.54) is 31.2 Å². The Morgan fingerprint density at radius 1 is 0.912 bits per heavy atom. The van der Waals surface area contributed by atoms with Gasteiger partial charge in [0.2, 0.25) is 0 Å². The van der Waals surface area contributed by atoms with E-state index in [-0.39, 0.29) is 22.6 Å². The molecular weight excluding hydrogens is 450 g/mol. The first-order valence-electron chi connectivity index (χ1n) is 11.4. The fraction of sp³-hybridized carbons (Fsp3) is 0.308. The van der Waals surface area contributed by atoms with Gasteiger partial charge in [-0.15, -0.1) is 0 Å². The molecule has 2 aromatic carbocycles. The van der Waals surface area contributed by atoms with E-state index in [1.54, 1.807) is 24.3 Å². The zero-order chi connectivity index (χ0) is 24.3. The van der Waals surface area contributed by atoms with Gasteiger partial charge in [-0.3, -0.25) is 14.3 Å². The Kier molecular flexibility index (Phi) is 6.88. The molecular formula is C26H29N3O4S. The number of aromatic nitrogens is 1. The van der Waals surface area contributed by atoms with Crippen LogP contribution in [-0.4, -0.2) is 36.1 Å². The molecule has 1 N–H and O–H groups in total. The number of hydrogen-bond acceptors (Lipinski definition) is 4. The van der Waals surface area contributed by atoms with Gasteiger partial charge < -0.3 is 9.47 Å². The maximum atomic E-state index is 13.4. The average molecular weight is 480 g/mol. The number of likely N-dealkylation sites (tertiary alicyclic amines) is 1. The smallest absolute Gasteiger partial charge is 0.261 e. The van der Waals surface area contributed by atoms with E-state index in [1.807, 2.05) is 24.2 Å². The predicted octanol–water partition coefficient (Wildman–Crippen LogP) is 4.79. The first kappa shape index (κ1) is 23.8. The van der Waals surface area contributed by atoms with Crippen LogP contribution in [0.4, 0.5) is 5.69 Å². The lowest BCUT2D eigenvalue weighted by Crippen LogP contribution is -2.35. The Hall–Kier alpha value is -3.39. The topological polar surface area (TPSA) is 88.5 Å². The van der Waals surface area contributed by atoms with Gasteiger partial charge in [-0.25, -0.2) is 8.42 Å². The highest BCUT2D eigenvalue weighted by Crippen LogP contribution is 2.31. The second kappa shape index (κ2) is 9.85. The van der Waals surface area contributed by atoms with Gasteiger partial charge in [0, 0.05) is 42.3 Å². The first-order valence-corrected chi connectivity index (χ1v) is 12.9. The Morgan fingerprint density at radius 3 is 2.21 bits per heavy atom. The van der Waals surface area contributed by atoms with Crippen molar-refractivity contribution in [3.05, 3.63) is 83.7 Å². The number of carbonyl (C=O) groups excluding carboxylic acids is 2. The standard InChI is InChI=1S/C26H29N3O4S/c1-19(30)20-11-15-23(16-12-20)34(32,33)27-22-13-9-21(10-14-22)26(31)29-18-5-3-4-7-25(29)24-8-6-17-28(24)2/h6,8-17,25,27H,3-5,7,18H2,1-2H3. The lowest BCUT2D eigenvalue weighted by molar-refractivity contribution is 0.0674. The van der Waals surface area contributed by atoms with Crippen LogP contribution in [-0.2, 0) is 17.1 Å². The molecule has 3 aromatic rings. The summed E-state index contributed by atoms with van der Waals surface area (Å²) in [6.07, 6.45) is 6.06. The van der Waals surface area contributed by atoms with Crippen LogP contribution in [0.3, 0.4) is 0 Å². The van der Waals surface area contributed by atoms with Crippen molar-refractivity contribution in [3.63, 3.8) is 0 Å². The third kappa shape index (κ3) is 5.07. The number of Topliss-reactive ketones (excluding diaryl/α,β-unsaturated/α-hetero) is 1. The van der Waals surface area contributed by atoms with Crippen LogP contribution in [0.25, 0.3) is 0 Å². The fourth-order valence-corrected chi connectivity index (χ4v) is 5.47.